The van der Waals surface area contributed by atoms with Crippen molar-refractivity contribution in [3.05, 3.63) is 53.2 Å². The normalized spacial score (nSPS) is 14.8. The van der Waals surface area contributed by atoms with Crippen LogP contribution in [0.15, 0.2) is 35.1 Å². The second-order valence-corrected chi connectivity index (χ2v) is 8.31. The van der Waals surface area contributed by atoms with Crippen LogP contribution < -0.4 is 9.47 Å². The van der Waals surface area contributed by atoms with Crippen LogP contribution in [0.3, 0.4) is 0 Å². The number of pyridine rings is 1. The largest absolute Gasteiger partial charge is 0.493 e. The van der Waals surface area contributed by atoms with E-state index in [0.717, 1.165) is 51.4 Å². The highest BCUT2D eigenvalue weighted by Crippen LogP contribution is 2.51. The standard InChI is InChI=1S/C25H26N4O3/c1-13-12-26-8-7-18(13)22-15(3)29-14(2)9-17-10-20(30-5)21(31-6)11-19(17)24(29)23(22)25-27-16(4)28-32-25/h7-8,10-12,14H,9H2,1-6H3. The van der Waals surface area contributed by atoms with Gasteiger partial charge < -0.3 is 18.6 Å². The molecule has 0 N–H and O–H groups in total. The van der Waals surface area contributed by atoms with Gasteiger partial charge in [-0.15, -0.1) is 0 Å². The van der Waals surface area contributed by atoms with Gasteiger partial charge in [0.1, 0.15) is 0 Å². The quantitative estimate of drug-likeness (QED) is 0.436. The van der Waals surface area contributed by atoms with Crippen molar-refractivity contribution >= 4 is 0 Å². The number of rotatable bonds is 4. The number of aryl methyl sites for hydroxylation is 2. The molecule has 32 heavy (non-hydrogen) atoms. The van der Waals surface area contributed by atoms with Gasteiger partial charge in [-0.1, -0.05) is 5.16 Å². The molecule has 1 aliphatic rings. The second-order valence-electron chi connectivity index (χ2n) is 8.31. The smallest absolute Gasteiger partial charge is 0.260 e. The van der Waals surface area contributed by atoms with E-state index in [0.29, 0.717) is 17.5 Å². The minimum Gasteiger partial charge on any atom is -0.493 e. The Bertz CT molecular complexity index is 1340. The third kappa shape index (κ3) is 2.92. The third-order valence-electron chi connectivity index (χ3n) is 6.30. The summed E-state index contributed by atoms with van der Waals surface area (Å²) < 4.78 is 19.3. The summed E-state index contributed by atoms with van der Waals surface area (Å²) in [4.78, 5) is 8.92. The Morgan fingerprint density at radius 3 is 2.44 bits per heavy atom. The van der Waals surface area contributed by atoms with E-state index in [9.17, 15) is 0 Å². The van der Waals surface area contributed by atoms with Gasteiger partial charge in [0.25, 0.3) is 5.89 Å². The number of aromatic nitrogens is 4. The summed E-state index contributed by atoms with van der Waals surface area (Å²) in [7, 11) is 3.33. The average Bonchev–Trinajstić information content (AvgIpc) is 3.34. The summed E-state index contributed by atoms with van der Waals surface area (Å²) in [6.45, 7) is 8.31. The van der Waals surface area contributed by atoms with Crippen molar-refractivity contribution < 1.29 is 14.0 Å². The van der Waals surface area contributed by atoms with Gasteiger partial charge in [-0.3, -0.25) is 4.98 Å². The maximum Gasteiger partial charge on any atom is 0.260 e. The summed E-state index contributed by atoms with van der Waals surface area (Å²) in [5.74, 6) is 2.54. The van der Waals surface area contributed by atoms with Crippen molar-refractivity contribution in [2.24, 2.45) is 0 Å². The molecule has 1 unspecified atom stereocenters. The van der Waals surface area contributed by atoms with Crippen molar-refractivity contribution in [2.45, 2.75) is 40.2 Å². The van der Waals surface area contributed by atoms with E-state index in [1.165, 1.54) is 5.56 Å². The Hall–Kier alpha value is -3.61. The van der Waals surface area contributed by atoms with Crippen molar-refractivity contribution in [2.75, 3.05) is 14.2 Å². The van der Waals surface area contributed by atoms with E-state index in [1.807, 2.05) is 19.3 Å². The highest BCUT2D eigenvalue weighted by atomic mass is 16.5. The molecule has 0 aliphatic carbocycles. The number of hydrogen-bond acceptors (Lipinski definition) is 6. The summed E-state index contributed by atoms with van der Waals surface area (Å²) in [6.07, 6.45) is 4.60. The Morgan fingerprint density at radius 1 is 1.03 bits per heavy atom. The highest BCUT2D eigenvalue weighted by Gasteiger charge is 2.34. The van der Waals surface area contributed by atoms with Crippen LogP contribution in [0.5, 0.6) is 11.5 Å². The zero-order valence-corrected chi connectivity index (χ0v) is 19.2. The van der Waals surface area contributed by atoms with E-state index in [1.54, 1.807) is 14.2 Å². The predicted octanol–water partition coefficient (Wildman–Crippen LogP) is 5.33. The van der Waals surface area contributed by atoms with Crippen LogP contribution in [0.2, 0.25) is 0 Å². The molecular formula is C25H26N4O3. The molecule has 7 heteroatoms. The third-order valence-corrected chi connectivity index (χ3v) is 6.30. The van der Waals surface area contributed by atoms with Gasteiger partial charge in [-0.2, -0.15) is 4.98 Å². The van der Waals surface area contributed by atoms with Crippen LogP contribution >= 0.6 is 0 Å². The van der Waals surface area contributed by atoms with Crippen molar-refractivity contribution in [3.63, 3.8) is 0 Å². The topological polar surface area (TPSA) is 75.2 Å². The van der Waals surface area contributed by atoms with Crippen LogP contribution in [-0.4, -0.2) is 33.9 Å². The fourth-order valence-corrected chi connectivity index (χ4v) is 4.93. The van der Waals surface area contributed by atoms with Crippen molar-refractivity contribution in [1.29, 1.82) is 0 Å². The van der Waals surface area contributed by atoms with E-state index < -0.39 is 0 Å². The fourth-order valence-electron chi connectivity index (χ4n) is 4.93. The lowest BCUT2D eigenvalue weighted by Crippen LogP contribution is -2.17. The lowest BCUT2D eigenvalue weighted by molar-refractivity contribution is 0.354. The molecule has 7 nitrogen and oxygen atoms in total. The van der Waals surface area contributed by atoms with Gasteiger partial charge >= 0.3 is 0 Å². The first-order chi connectivity index (χ1) is 15.4. The molecule has 1 aliphatic heterocycles. The number of ether oxygens (including phenoxy) is 2. The minimum atomic E-state index is 0.245. The first-order valence-corrected chi connectivity index (χ1v) is 10.7. The van der Waals surface area contributed by atoms with Gasteiger partial charge in [0.05, 0.1) is 25.5 Å². The van der Waals surface area contributed by atoms with Gasteiger partial charge in [-0.05, 0) is 69.0 Å². The highest BCUT2D eigenvalue weighted by molar-refractivity contribution is 5.95. The SMILES string of the molecule is COc1cc2c(cc1OC)-c1c(-c3nc(C)no3)c(-c3ccncc3C)c(C)n1C(C)C2. The Kier molecular flexibility index (Phi) is 4.77. The summed E-state index contributed by atoms with van der Waals surface area (Å²) in [5, 5.41) is 4.09. The molecule has 1 aromatic carbocycles. The molecule has 0 radical (unpaired) electrons. The lowest BCUT2D eigenvalue weighted by Gasteiger charge is -2.28. The molecule has 164 valence electrons. The van der Waals surface area contributed by atoms with Gasteiger partial charge in [0, 0.05) is 35.3 Å². The Morgan fingerprint density at radius 2 is 1.78 bits per heavy atom. The van der Waals surface area contributed by atoms with Crippen molar-refractivity contribution in [3.8, 4) is 45.3 Å². The second kappa shape index (κ2) is 7.51. The van der Waals surface area contributed by atoms with Gasteiger partial charge in [0.2, 0.25) is 0 Å². The van der Waals surface area contributed by atoms with Crippen LogP contribution in [0.1, 0.15) is 35.6 Å². The van der Waals surface area contributed by atoms with E-state index in [4.69, 9.17) is 14.0 Å². The number of fused-ring (bicyclic) bond motifs is 3. The Balaban J connectivity index is 1.92. The Labute approximate surface area is 187 Å². The molecular weight excluding hydrogens is 404 g/mol. The minimum absolute atomic E-state index is 0.245. The average molecular weight is 431 g/mol. The molecule has 4 heterocycles. The maximum absolute atomic E-state index is 5.74. The zero-order valence-electron chi connectivity index (χ0n) is 19.2. The van der Waals surface area contributed by atoms with Gasteiger partial charge in [-0.25, -0.2) is 0 Å². The van der Waals surface area contributed by atoms with Crippen LogP contribution in [0.25, 0.3) is 33.8 Å². The van der Waals surface area contributed by atoms with Crippen LogP contribution in [0.4, 0.5) is 0 Å². The summed E-state index contributed by atoms with van der Waals surface area (Å²) in [5.41, 5.74) is 8.76. The van der Waals surface area contributed by atoms with Gasteiger partial charge in [0.15, 0.2) is 17.3 Å². The lowest BCUT2D eigenvalue weighted by atomic mass is 9.90. The molecule has 3 aromatic heterocycles. The molecule has 1 atom stereocenters. The first-order valence-electron chi connectivity index (χ1n) is 10.7. The molecule has 0 spiro atoms. The van der Waals surface area contributed by atoms with Crippen LogP contribution in [-0.2, 0) is 6.42 Å². The zero-order chi connectivity index (χ0) is 22.6. The molecule has 5 rings (SSSR count). The van der Waals surface area contributed by atoms with Crippen molar-refractivity contribution in [1.82, 2.24) is 19.7 Å². The van der Waals surface area contributed by atoms with Crippen LogP contribution in [0, 0.1) is 20.8 Å². The molecule has 0 saturated heterocycles. The number of benzene rings is 1. The van der Waals surface area contributed by atoms with E-state index >= 15 is 0 Å². The predicted molar refractivity (Wildman–Crippen MR) is 122 cm³/mol. The number of hydrogen-bond donors (Lipinski definition) is 0. The summed E-state index contributed by atoms with van der Waals surface area (Å²) >= 11 is 0. The molecule has 0 fully saturated rings. The monoisotopic (exact) mass is 430 g/mol. The van der Waals surface area contributed by atoms with E-state index in [2.05, 4.69) is 58.7 Å². The summed E-state index contributed by atoms with van der Waals surface area (Å²) in [6, 6.07) is 6.43. The molecule has 4 aromatic rings. The maximum atomic E-state index is 5.74. The number of methoxy groups -OCH3 is 2. The van der Waals surface area contributed by atoms with E-state index in [-0.39, 0.29) is 6.04 Å². The number of nitrogens with zero attached hydrogens (tertiary/aromatic N) is 4. The molecule has 0 amide bonds. The first kappa shape index (κ1) is 20.3. The fraction of sp³-hybridized carbons (Fsp3) is 0.320. The molecule has 0 saturated carbocycles. The molecule has 0 bridgehead atoms.